The average molecular weight is 265 g/mol. The summed E-state index contributed by atoms with van der Waals surface area (Å²) < 4.78 is 4.63. The van der Waals surface area contributed by atoms with Crippen LogP contribution in [0.25, 0.3) is 0 Å². The molecule has 0 bridgehead atoms. The van der Waals surface area contributed by atoms with Crippen LogP contribution in [0.4, 0.5) is 0 Å². The van der Waals surface area contributed by atoms with Crippen molar-refractivity contribution < 1.29 is 14.3 Å². The zero-order valence-corrected chi connectivity index (χ0v) is 11.4. The fourth-order valence-corrected chi connectivity index (χ4v) is 1.71. The van der Waals surface area contributed by atoms with E-state index in [1.54, 1.807) is 32.3 Å². The smallest absolute Gasteiger partial charge is 0.310 e. The number of hydrogen-bond donors (Lipinski definition) is 1. The monoisotopic (exact) mass is 265 g/mol. The molecule has 2 N–H and O–H groups in total. The number of esters is 1. The van der Waals surface area contributed by atoms with Crippen LogP contribution in [0.1, 0.15) is 23.0 Å². The summed E-state index contributed by atoms with van der Waals surface area (Å²) in [6.45, 7) is 2.29. The van der Waals surface area contributed by atoms with Crippen molar-refractivity contribution in [2.45, 2.75) is 13.5 Å². The van der Waals surface area contributed by atoms with E-state index in [0.717, 1.165) is 0 Å². The van der Waals surface area contributed by atoms with Crippen LogP contribution in [0, 0.1) is 5.92 Å². The summed E-state index contributed by atoms with van der Waals surface area (Å²) >= 11 is 0. The van der Waals surface area contributed by atoms with E-state index in [4.69, 9.17) is 5.73 Å². The molecule has 0 saturated carbocycles. The van der Waals surface area contributed by atoms with Gasteiger partial charge in [-0.15, -0.1) is 0 Å². The largest absolute Gasteiger partial charge is 0.469 e. The van der Waals surface area contributed by atoms with Gasteiger partial charge >= 0.3 is 5.97 Å². The van der Waals surface area contributed by atoms with Gasteiger partial charge in [0, 0.05) is 31.9 Å². The van der Waals surface area contributed by atoms with Crippen LogP contribution in [0.15, 0.2) is 18.3 Å². The first-order chi connectivity index (χ1) is 8.99. The van der Waals surface area contributed by atoms with Crippen LogP contribution >= 0.6 is 0 Å². The number of ether oxygens (including phenoxy) is 1. The second-order valence-electron chi connectivity index (χ2n) is 4.35. The fraction of sp³-hybridized carbons (Fsp3) is 0.462. The number of carbonyl (C=O) groups excluding carboxylic acids is 2. The number of carbonyl (C=O) groups is 2. The summed E-state index contributed by atoms with van der Waals surface area (Å²) in [5, 5.41) is 0. The standard InChI is InChI=1S/C13H19N3O3/c1-9(13(18)19-3)8-16(2)12(17)10-4-5-15-11(6-10)7-14/h4-6,9H,7-8,14H2,1-3H3. The number of amides is 1. The molecule has 1 atom stereocenters. The van der Waals surface area contributed by atoms with Gasteiger partial charge in [-0.3, -0.25) is 14.6 Å². The van der Waals surface area contributed by atoms with Gasteiger partial charge in [-0.25, -0.2) is 0 Å². The SMILES string of the molecule is COC(=O)C(C)CN(C)C(=O)c1ccnc(CN)c1. The second kappa shape index (κ2) is 6.84. The highest BCUT2D eigenvalue weighted by Crippen LogP contribution is 2.08. The molecule has 0 aliphatic heterocycles. The molecule has 0 aromatic carbocycles. The number of pyridine rings is 1. The van der Waals surface area contributed by atoms with Gasteiger partial charge in [0.2, 0.25) is 0 Å². The minimum Gasteiger partial charge on any atom is -0.469 e. The maximum atomic E-state index is 12.2. The summed E-state index contributed by atoms with van der Waals surface area (Å²) in [7, 11) is 2.97. The molecule has 1 aromatic rings. The third-order valence-corrected chi connectivity index (χ3v) is 2.77. The Labute approximate surface area is 112 Å². The highest BCUT2D eigenvalue weighted by molar-refractivity contribution is 5.94. The molecule has 0 radical (unpaired) electrons. The Balaban J connectivity index is 2.73. The lowest BCUT2D eigenvalue weighted by Gasteiger charge is -2.20. The molecular formula is C13H19N3O3. The third-order valence-electron chi connectivity index (χ3n) is 2.77. The molecule has 1 amide bonds. The van der Waals surface area contributed by atoms with Crippen molar-refractivity contribution in [1.82, 2.24) is 9.88 Å². The van der Waals surface area contributed by atoms with Crippen molar-refractivity contribution in [3.63, 3.8) is 0 Å². The Morgan fingerprint density at radius 2 is 2.21 bits per heavy atom. The molecule has 6 heteroatoms. The molecule has 1 unspecified atom stereocenters. The number of methoxy groups -OCH3 is 1. The first-order valence-corrected chi connectivity index (χ1v) is 5.97. The van der Waals surface area contributed by atoms with Gasteiger partial charge in [-0.1, -0.05) is 6.92 Å². The summed E-state index contributed by atoms with van der Waals surface area (Å²) in [5.74, 6) is -0.875. The van der Waals surface area contributed by atoms with Gasteiger partial charge in [0.15, 0.2) is 0 Å². The van der Waals surface area contributed by atoms with Crippen molar-refractivity contribution in [2.24, 2.45) is 11.7 Å². The van der Waals surface area contributed by atoms with Crippen LogP contribution in [0.3, 0.4) is 0 Å². The van der Waals surface area contributed by atoms with Gasteiger partial charge in [0.25, 0.3) is 5.91 Å². The molecule has 104 valence electrons. The molecule has 19 heavy (non-hydrogen) atoms. The van der Waals surface area contributed by atoms with Crippen molar-refractivity contribution in [2.75, 3.05) is 20.7 Å². The highest BCUT2D eigenvalue weighted by Gasteiger charge is 2.19. The predicted molar refractivity (Wildman–Crippen MR) is 70.3 cm³/mol. The second-order valence-corrected chi connectivity index (χ2v) is 4.35. The predicted octanol–water partition coefficient (Wildman–Crippen LogP) is 0.421. The topological polar surface area (TPSA) is 85.5 Å². The number of nitrogens with zero attached hydrogens (tertiary/aromatic N) is 2. The van der Waals surface area contributed by atoms with Crippen molar-refractivity contribution in [1.29, 1.82) is 0 Å². The van der Waals surface area contributed by atoms with E-state index >= 15 is 0 Å². The van der Waals surface area contributed by atoms with E-state index in [1.807, 2.05) is 0 Å². The fourth-order valence-electron chi connectivity index (χ4n) is 1.71. The molecular weight excluding hydrogens is 246 g/mol. The van der Waals surface area contributed by atoms with Crippen LogP contribution in [0.5, 0.6) is 0 Å². The normalized spacial score (nSPS) is 11.8. The van der Waals surface area contributed by atoms with Crippen molar-refractivity contribution in [3.05, 3.63) is 29.6 Å². The molecule has 0 aliphatic rings. The molecule has 0 aliphatic carbocycles. The van der Waals surface area contributed by atoms with Crippen LogP contribution in [-0.2, 0) is 16.1 Å². The van der Waals surface area contributed by atoms with E-state index in [2.05, 4.69) is 9.72 Å². The summed E-state index contributed by atoms with van der Waals surface area (Å²) in [4.78, 5) is 29.0. The number of hydrogen-bond acceptors (Lipinski definition) is 5. The lowest BCUT2D eigenvalue weighted by molar-refractivity contribution is -0.145. The van der Waals surface area contributed by atoms with Crippen LogP contribution in [0.2, 0.25) is 0 Å². The van der Waals surface area contributed by atoms with E-state index < -0.39 is 0 Å². The Bertz CT molecular complexity index is 462. The lowest BCUT2D eigenvalue weighted by atomic mass is 10.1. The Hall–Kier alpha value is -1.95. The van der Waals surface area contributed by atoms with Gasteiger partial charge < -0.3 is 15.4 Å². The van der Waals surface area contributed by atoms with E-state index in [0.29, 0.717) is 17.8 Å². The van der Waals surface area contributed by atoms with Gasteiger partial charge in [-0.2, -0.15) is 0 Å². The van der Waals surface area contributed by atoms with Crippen LogP contribution in [-0.4, -0.2) is 42.5 Å². The zero-order valence-electron chi connectivity index (χ0n) is 11.4. The number of rotatable bonds is 5. The van der Waals surface area contributed by atoms with Gasteiger partial charge in [0.1, 0.15) is 0 Å². The molecule has 0 fully saturated rings. The number of aromatic nitrogens is 1. The summed E-state index contributed by atoms with van der Waals surface area (Å²) in [6.07, 6.45) is 1.55. The minimum atomic E-state index is -0.366. The third kappa shape index (κ3) is 4.03. The Kier molecular flexibility index (Phi) is 5.44. The van der Waals surface area contributed by atoms with E-state index in [1.165, 1.54) is 12.0 Å². The van der Waals surface area contributed by atoms with E-state index in [-0.39, 0.29) is 24.3 Å². The number of nitrogens with two attached hydrogens (primary N) is 1. The molecule has 1 heterocycles. The summed E-state index contributed by atoms with van der Waals surface area (Å²) in [6, 6.07) is 3.28. The minimum absolute atomic E-state index is 0.173. The first-order valence-electron chi connectivity index (χ1n) is 5.97. The van der Waals surface area contributed by atoms with Crippen LogP contribution < -0.4 is 5.73 Å². The molecule has 1 rings (SSSR count). The molecule has 0 spiro atoms. The molecule has 6 nitrogen and oxygen atoms in total. The average Bonchev–Trinajstić information content (AvgIpc) is 2.45. The maximum absolute atomic E-state index is 12.2. The molecule has 0 saturated heterocycles. The summed E-state index contributed by atoms with van der Waals surface area (Å²) in [5.41, 5.74) is 6.65. The maximum Gasteiger partial charge on any atom is 0.310 e. The van der Waals surface area contributed by atoms with E-state index in [9.17, 15) is 9.59 Å². The van der Waals surface area contributed by atoms with Gasteiger partial charge in [-0.05, 0) is 12.1 Å². The Morgan fingerprint density at radius 1 is 1.53 bits per heavy atom. The first kappa shape index (κ1) is 15.1. The van der Waals surface area contributed by atoms with Crippen molar-refractivity contribution >= 4 is 11.9 Å². The van der Waals surface area contributed by atoms with Gasteiger partial charge in [0.05, 0.1) is 18.7 Å². The Morgan fingerprint density at radius 3 is 2.79 bits per heavy atom. The molecule has 1 aromatic heterocycles. The zero-order chi connectivity index (χ0) is 14.4. The van der Waals surface area contributed by atoms with Crippen molar-refractivity contribution in [3.8, 4) is 0 Å². The highest BCUT2D eigenvalue weighted by atomic mass is 16.5. The quantitative estimate of drug-likeness (QED) is 0.780. The lowest BCUT2D eigenvalue weighted by Crippen LogP contribution is -2.34.